The number of rotatable bonds is 11. The Morgan fingerprint density at radius 3 is 2.35 bits per heavy atom. The molecule has 1 heterocycles. The molecule has 128 valence electrons. The van der Waals surface area contributed by atoms with E-state index in [1.807, 2.05) is 0 Å². The Kier molecular flexibility index (Phi) is 7.67. The summed E-state index contributed by atoms with van der Waals surface area (Å²) in [6, 6.07) is 9.26. The summed E-state index contributed by atoms with van der Waals surface area (Å²) in [6.45, 7) is 9.10. The van der Waals surface area contributed by atoms with Gasteiger partial charge in [0.25, 0.3) is 0 Å². The van der Waals surface area contributed by atoms with E-state index in [9.17, 15) is 0 Å². The Hall–Kier alpha value is -1.28. The number of aromatic amines is 1. The number of hydrogen-bond donors (Lipinski definition) is 1. The number of nitrogens with zero attached hydrogens (tertiary/aromatic N) is 1. The Bertz CT molecular complexity index is 554. The van der Waals surface area contributed by atoms with Crippen molar-refractivity contribution in [3.8, 4) is 0 Å². The summed E-state index contributed by atoms with van der Waals surface area (Å²) in [5.74, 6) is 0. The molecule has 0 bridgehead atoms. The Morgan fingerprint density at radius 1 is 0.913 bits per heavy atom. The van der Waals surface area contributed by atoms with Crippen molar-refractivity contribution in [2.45, 2.75) is 71.8 Å². The van der Waals surface area contributed by atoms with E-state index in [1.165, 1.54) is 61.4 Å². The second kappa shape index (κ2) is 9.77. The number of hydrogen-bond acceptors (Lipinski definition) is 1. The van der Waals surface area contributed by atoms with Crippen molar-refractivity contribution in [2.75, 3.05) is 13.1 Å². The maximum absolute atomic E-state index is 3.46. The molecule has 2 nitrogen and oxygen atoms in total. The molecule has 0 radical (unpaired) electrons. The van der Waals surface area contributed by atoms with Crippen molar-refractivity contribution in [3.05, 3.63) is 36.0 Å². The van der Waals surface area contributed by atoms with Gasteiger partial charge < -0.3 is 4.98 Å². The fraction of sp³-hybridized carbons (Fsp3) is 0.619. The van der Waals surface area contributed by atoms with E-state index in [1.54, 1.807) is 0 Å². The van der Waals surface area contributed by atoms with Gasteiger partial charge >= 0.3 is 0 Å². The summed E-state index contributed by atoms with van der Waals surface area (Å²) in [5.41, 5.74) is 2.75. The highest BCUT2D eigenvalue weighted by Gasteiger charge is 2.20. The molecule has 0 fully saturated rings. The minimum atomic E-state index is 0.548. The Morgan fingerprint density at radius 2 is 1.61 bits per heavy atom. The molecule has 1 aromatic heterocycles. The van der Waals surface area contributed by atoms with Crippen molar-refractivity contribution in [2.24, 2.45) is 0 Å². The molecular weight excluding hydrogens is 280 g/mol. The molecule has 0 saturated heterocycles. The second-order valence-electron chi connectivity index (χ2n) is 6.58. The number of benzene rings is 1. The maximum Gasteiger partial charge on any atom is 0.0457 e. The molecule has 1 atom stereocenters. The molecule has 1 aromatic carbocycles. The van der Waals surface area contributed by atoms with Gasteiger partial charge in [0.2, 0.25) is 0 Å². The largest absolute Gasteiger partial charge is 0.361 e. The van der Waals surface area contributed by atoms with Crippen LogP contribution >= 0.6 is 0 Å². The van der Waals surface area contributed by atoms with Crippen LogP contribution in [0.15, 0.2) is 30.5 Å². The zero-order valence-corrected chi connectivity index (χ0v) is 15.3. The first-order valence-corrected chi connectivity index (χ1v) is 9.61. The van der Waals surface area contributed by atoms with Crippen LogP contribution in [0.5, 0.6) is 0 Å². The lowest BCUT2D eigenvalue weighted by molar-refractivity contribution is 0.205. The van der Waals surface area contributed by atoms with Gasteiger partial charge in [-0.25, -0.2) is 0 Å². The molecule has 0 amide bonds. The van der Waals surface area contributed by atoms with Crippen LogP contribution in [-0.4, -0.2) is 23.0 Å². The fourth-order valence-corrected chi connectivity index (χ4v) is 3.69. The van der Waals surface area contributed by atoms with E-state index in [2.05, 4.69) is 61.1 Å². The van der Waals surface area contributed by atoms with Crippen LogP contribution in [0.3, 0.4) is 0 Å². The molecule has 1 N–H and O–H groups in total. The molecule has 2 aromatic rings. The van der Waals surface area contributed by atoms with Gasteiger partial charge in [0.15, 0.2) is 0 Å². The van der Waals surface area contributed by atoms with E-state index in [4.69, 9.17) is 0 Å². The standard InChI is InChI=1S/C21H34N2/c1-4-7-8-9-10-11-16-21(23(5-2)6-3)19-17-22-20-15-13-12-14-18(19)20/h12-15,17,21-22H,4-11,16H2,1-3H3. The van der Waals surface area contributed by atoms with E-state index in [0.717, 1.165) is 13.1 Å². The normalized spacial score (nSPS) is 13.0. The molecule has 2 heteroatoms. The minimum absolute atomic E-state index is 0.548. The lowest BCUT2D eigenvalue weighted by atomic mass is 9.97. The first-order valence-electron chi connectivity index (χ1n) is 9.61. The number of H-pyrrole nitrogens is 1. The smallest absolute Gasteiger partial charge is 0.0457 e. The highest BCUT2D eigenvalue weighted by atomic mass is 15.1. The molecule has 23 heavy (non-hydrogen) atoms. The number of aromatic nitrogens is 1. The summed E-state index contributed by atoms with van der Waals surface area (Å²) in [7, 11) is 0. The summed E-state index contributed by atoms with van der Waals surface area (Å²) < 4.78 is 0. The molecular formula is C21H34N2. The number of nitrogens with one attached hydrogen (secondary N) is 1. The van der Waals surface area contributed by atoms with Gasteiger partial charge in [0.1, 0.15) is 0 Å². The van der Waals surface area contributed by atoms with Crippen LogP contribution < -0.4 is 0 Å². The van der Waals surface area contributed by atoms with Gasteiger partial charge in [-0.15, -0.1) is 0 Å². The van der Waals surface area contributed by atoms with Crippen molar-refractivity contribution in [1.82, 2.24) is 9.88 Å². The number of para-hydroxylation sites is 1. The molecule has 0 aliphatic heterocycles. The van der Waals surface area contributed by atoms with Crippen LogP contribution in [0.1, 0.15) is 77.3 Å². The fourth-order valence-electron chi connectivity index (χ4n) is 3.69. The first-order chi connectivity index (χ1) is 11.3. The van der Waals surface area contributed by atoms with Gasteiger partial charge in [-0.1, -0.05) is 77.5 Å². The predicted octanol–water partition coefficient (Wildman–Crippen LogP) is 6.30. The van der Waals surface area contributed by atoms with Crippen molar-refractivity contribution in [3.63, 3.8) is 0 Å². The molecule has 2 rings (SSSR count). The topological polar surface area (TPSA) is 19.0 Å². The van der Waals surface area contributed by atoms with Gasteiger partial charge in [-0.2, -0.15) is 0 Å². The van der Waals surface area contributed by atoms with Gasteiger partial charge in [0.05, 0.1) is 0 Å². The van der Waals surface area contributed by atoms with Crippen LogP contribution in [0.2, 0.25) is 0 Å². The second-order valence-corrected chi connectivity index (χ2v) is 6.58. The lowest BCUT2D eigenvalue weighted by Crippen LogP contribution is -2.28. The average Bonchev–Trinajstić information content (AvgIpc) is 3.01. The van der Waals surface area contributed by atoms with Gasteiger partial charge in [-0.05, 0) is 31.1 Å². The first kappa shape index (κ1) is 18.1. The number of unbranched alkanes of at least 4 members (excludes halogenated alkanes) is 5. The lowest BCUT2D eigenvalue weighted by Gasteiger charge is -2.30. The maximum atomic E-state index is 3.46. The SMILES string of the molecule is CCCCCCCCC(c1c[nH]c2ccccc12)N(CC)CC. The Labute approximate surface area is 142 Å². The minimum Gasteiger partial charge on any atom is -0.361 e. The molecule has 0 saturated carbocycles. The summed E-state index contributed by atoms with van der Waals surface area (Å²) in [6.07, 6.45) is 11.7. The summed E-state index contributed by atoms with van der Waals surface area (Å²) in [5, 5.41) is 1.40. The third-order valence-corrected chi connectivity index (χ3v) is 5.06. The van der Waals surface area contributed by atoms with E-state index >= 15 is 0 Å². The predicted molar refractivity (Wildman–Crippen MR) is 102 cm³/mol. The zero-order chi connectivity index (χ0) is 16.5. The van der Waals surface area contributed by atoms with Crippen LogP contribution in [0, 0.1) is 0 Å². The molecule has 0 aliphatic carbocycles. The van der Waals surface area contributed by atoms with E-state index < -0.39 is 0 Å². The van der Waals surface area contributed by atoms with Crippen LogP contribution in [-0.2, 0) is 0 Å². The highest BCUT2D eigenvalue weighted by Crippen LogP contribution is 2.32. The van der Waals surface area contributed by atoms with E-state index in [0.29, 0.717) is 6.04 Å². The van der Waals surface area contributed by atoms with Gasteiger partial charge in [-0.3, -0.25) is 4.90 Å². The third kappa shape index (κ3) is 4.84. The molecule has 1 unspecified atom stereocenters. The van der Waals surface area contributed by atoms with Crippen molar-refractivity contribution in [1.29, 1.82) is 0 Å². The van der Waals surface area contributed by atoms with E-state index in [-0.39, 0.29) is 0 Å². The molecule has 0 aliphatic rings. The quantitative estimate of drug-likeness (QED) is 0.482. The van der Waals surface area contributed by atoms with Crippen molar-refractivity contribution >= 4 is 10.9 Å². The summed E-state index contributed by atoms with van der Waals surface area (Å²) >= 11 is 0. The third-order valence-electron chi connectivity index (χ3n) is 5.06. The average molecular weight is 315 g/mol. The summed E-state index contributed by atoms with van der Waals surface area (Å²) in [4.78, 5) is 6.08. The highest BCUT2D eigenvalue weighted by molar-refractivity contribution is 5.83. The zero-order valence-electron chi connectivity index (χ0n) is 15.3. The Balaban J connectivity index is 2.05. The van der Waals surface area contributed by atoms with Crippen molar-refractivity contribution < 1.29 is 0 Å². The van der Waals surface area contributed by atoms with Gasteiger partial charge in [0, 0.05) is 23.1 Å². The van der Waals surface area contributed by atoms with Crippen LogP contribution in [0.4, 0.5) is 0 Å². The molecule has 0 spiro atoms. The number of fused-ring (bicyclic) bond motifs is 1. The monoisotopic (exact) mass is 314 g/mol. The van der Waals surface area contributed by atoms with Crippen LogP contribution in [0.25, 0.3) is 10.9 Å².